The van der Waals surface area contributed by atoms with Crippen molar-refractivity contribution in [1.29, 1.82) is 0 Å². The zero-order chi connectivity index (χ0) is 22.5. The molecule has 7 nitrogen and oxygen atoms in total. The number of aromatic nitrogens is 3. The van der Waals surface area contributed by atoms with Crippen molar-refractivity contribution in [2.75, 3.05) is 18.2 Å². The number of methoxy groups -OCH3 is 1. The predicted octanol–water partition coefficient (Wildman–Crippen LogP) is 4.94. The maximum absolute atomic E-state index is 12.6. The highest BCUT2D eigenvalue weighted by molar-refractivity contribution is 7.99. The molecule has 0 aliphatic heterocycles. The van der Waals surface area contributed by atoms with Crippen molar-refractivity contribution in [2.24, 2.45) is 0 Å². The van der Waals surface area contributed by atoms with Crippen LogP contribution in [0.1, 0.15) is 16.9 Å². The molecule has 0 fully saturated rings. The Hall–Kier alpha value is -3.52. The van der Waals surface area contributed by atoms with Gasteiger partial charge in [-0.15, -0.1) is 10.2 Å². The van der Waals surface area contributed by atoms with E-state index in [0.29, 0.717) is 17.5 Å². The standard InChI is InChI=1S/C24H24N4O3S/c1-16-6-4-8-21(17(16)2)25-22(29)15-32-24-27-26-23(18-9-11-19(30-3)12-10-18)28(24)14-20-7-5-13-31-20/h4-13H,14-15H2,1-3H3,(H,25,29). The average molecular weight is 449 g/mol. The van der Waals surface area contributed by atoms with Gasteiger partial charge >= 0.3 is 0 Å². The van der Waals surface area contributed by atoms with Crippen LogP contribution in [0.3, 0.4) is 0 Å². The van der Waals surface area contributed by atoms with E-state index in [2.05, 4.69) is 15.5 Å². The number of nitrogens with zero attached hydrogens (tertiary/aromatic N) is 3. The first-order chi connectivity index (χ1) is 15.5. The third kappa shape index (κ3) is 4.86. The molecule has 0 spiro atoms. The van der Waals surface area contributed by atoms with Crippen LogP contribution < -0.4 is 10.1 Å². The van der Waals surface area contributed by atoms with E-state index in [1.165, 1.54) is 11.8 Å². The Balaban J connectivity index is 1.54. The highest BCUT2D eigenvalue weighted by Crippen LogP contribution is 2.27. The van der Waals surface area contributed by atoms with E-state index in [9.17, 15) is 4.79 Å². The van der Waals surface area contributed by atoms with Gasteiger partial charge in [0.25, 0.3) is 0 Å². The largest absolute Gasteiger partial charge is 0.497 e. The van der Waals surface area contributed by atoms with E-state index < -0.39 is 0 Å². The van der Waals surface area contributed by atoms with Gasteiger partial charge in [0.1, 0.15) is 11.5 Å². The molecule has 1 amide bonds. The molecule has 0 saturated carbocycles. The van der Waals surface area contributed by atoms with Crippen LogP contribution in [-0.4, -0.2) is 33.5 Å². The number of amides is 1. The molecule has 164 valence electrons. The molecule has 1 N–H and O–H groups in total. The molecule has 0 unspecified atom stereocenters. The second kappa shape index (κ2) is 9.74. The molecule has 8 heteroatoms. The van der Waals surface area contributed by atoms with Gasteiger partial charge in [-0.3, -0.25) is 9.36 Å². The minimum Gasteiger partial charge on any atom is -0.497 e. The van der Waals surface area contributed by atoms with Crippen LogP contribution in [-0.2, 0) is 11.3 Å². The van der Waals surface area contributed by atoms with Crippen LogP contribution in [0, 0.1) is 13.8 Å². The van der Waals surface area contributed by atoms with E-state index in [4.69, 9.17) is 9.15 Å². The molecular formula is C24H24N4O3S. The van der Waals surface area contributed by atoms with E-state index in [0.717, 1.165) is 33.9 Å². The van der Waals surface area contributed by atoms with Gasteiger partial charge in [0, 0.05) is 11.3 Å². The Morgan fingerprint density at radius 1 is 1.09 bits per heavy atom. The number of anilines is 1. The summed E-state index contributed by atoms with van der Waals surface area (Å²) in [5.74, 6) is 2.36. The number of hydrogen-bond donors (Lipinski definition) is 1. The lowest BCUT2D eigenvalue weighted by atomic mass is 10.1. The molecule has 0 aliphatic rings. The van der Waals surface area contributed by atoms with Gasteiger partial charge in [-0.05, 0) is 67.4 Å². The van der Waals surface area contributed by atoms with Gasteiger partial charge in [-0.25, -0.2) is 0 Å². The number of nitrogens with one attached hydrogen (secondary N) is 1. The van der Waals surface area contributed by atoms with Crippen LogP contribution in [0.4, 0.5) is 5.69 Å². The van der Waals surface area contributed by atoms with Crippen molar-refractivity contribution in [3.63, 3.8) is 0 Å². The molecule has 0 radical (unpaired) electrons. The van der Waals surface area contributed by atoms with Gasteiger partial charge in [-0.1, -0.05) is 23.9 Å². The van der Waals surface area contributed by atoms with Crippen molar-refractivity contribution < 1.29 is 13.9 Å². The monoisotopic (exact) mass is 448 g/mol. The van der Waals surface area contributed by atoms with Gasteiger partial charge in [0.05, 0.1) is 25.7 Å². The predicted molar refractivity (Wildman–Crippen MR) is 125 cm³/mol. The van der Waals surface area contributed by atoms with Crippen LogP contribution >= 0.6 is 11.8 Å². The fourth-order valence-electron chi connectivity index (χ4n) is 3.25. The van der Waals surface area contributed by atoms with Gasteiger partial charge < -0.3 is 14.5 Å². The fraction of sp³-hybridized carbons (Fsp3) is 0.208. The Labute approximate surface area is 190 Å². The second-order valence-electron chi connectivity index (χ2n) is 7.28. The number of ether oxygens (including phenoxy) is 1. The number of rotatable bonds is 8. The van der Waals surface area contributed by atoms with Crippen molar-refractivity contribution >= 4 is 23.4 Å². The number of thioether (sulfide) groups is 1. The van der Waals surface area contributed by atoms with Crippen LogP contribution in [0.25, 0.3) is 11.4 Å². The average Bonchev–Trinajstić information content (AvgIpc) is 3.46. The highest BCUT2D eigenvalue weighted by atomic mass is 32.2. The topological polar surface area (TPSA) is 82.2 Å². The number of furan rings is 1. The summed E-state index contributed by atoms with van der Waals surface area (Å²) in [6.45, 7) is 4.49. The third-order valence-corrected chi connectivity index (χ3v) is 6.14. The number of aryl methyl sites for hydroxylation is 1. The number of benzene rings is 2. The first kappa shape index (κ1) is 21.7. The lowest BCUT2D eigenvalue weighted by Gasteiger charge is -2.11. The normalized spacial score (nSPS) is 10.8. The SMILES string of the molecule is COc1ccc(-c2nnc(SCC(=O)Nc3cccc(C)c3C)n2Cc2ccco2)cc1. The Morgan fingerprint density at radius 3 is 2.62 bits per heavy atom. The summed E-state index contributed by atoms with van der Waals surface area (Å²) in [5.41, 5.74) is 3.93. The molecule has 2 heterocycles. The maximum atomic E-state index is 12.6. The number of hydrogen-bond acceptors (Lipinski definition) is 6. The van der Waals surface area contributed by atoms with Crippen LogP contribution in [0.5, 0.6) is 5.75 Å². The van der Waals surface area contributed by atoms with E-state index in [-0.39, 0.29) is 11.7 Å². The first-order valence-corrected chi connectivity index (χ1v) is 11.1. The Morgan fingerprint density at radius 2 is 1.91 bits per heavy atom. The summed E-state index contributed by atoms with van der Waals surface area (Å²) in [6.07, 6.45) is 1.64. The lowest BCUT2D eigenvalue weighted by Crippen LogP contribution is -2.15. The summed E-state index contributed by atoms with van der Waals surface area (Å²) in [7, 11) is 1.63. The number of carbonyl (C=O) groups is 1. The molecule has 0 atom stereocenters. The molecular weight excluding hydrogens is 424 g/mol. The molecule has 4 rings (SSSR count). The van der Waals surface area contributed by atoms with E-state index in [1.54, 1.807) is 13.4 Å². The molecule has 0 bridgehead atoms. The highest BCUT2D eigenvalue weighted by Gasteiger charge is 2.17. The fourth-order valence-corrected chi connectivity index (χ4v) is 3.99. The third-order valence-electron chi connectivity index (χ3n) is 5.17. The summed E-state index contributed by atoms with van der Waals surface area (Å²) in [5, 5.41) is 12.4. The van der Waals surface area contributed by atoms with Crippen molar-refractivity contribution in [3.05, 3.63) is 77.7 Å². The van der Waals surface area contributed by atoms with Crippen LogP contribution in [0.2, 0.25) is 0 Å². The summed E-state index contributed by atoms with van der Waals surface area (Å²) in [4.78, 5) is 12.6. The smallest absolute Gasteiger partial charge is 0.234 e. The van der Waals surface area contributed by atoms with Crippen LogP contribution in [0.15, 0.2) is 70.4 Å². The quantitative estimate of drug-likeness (QED) is 0.384. The zero-order valence-electron chi connectivity index (χ0n) is 18.2. The minimum absolute atomic E-state index is 0.0951. The molecule has 32 heavy (non-hydrogen) atoms. The number of carbonyl (C=O) groups excluding carboxylic acids is 1. The van der Waals surface area contributed by atoms with Gasteiger partial charge in [-0.2, -0.15) is 0 Å². The second-order valence-corrected chi connectivity index (χ2v) is 8.23. The van der Waals surface area contributed by atoms with Crippen molar-refractivity contribution in [1.82, 2.24) is 14.8 Å². The molecule has 4 aromatic rings. The molecule has 2 aromatic heterocycles. The summed E-state index contributed by atoms with van der Waals surface area (Å²) < 4.78 is 12.7. The van der Waals surface area contributed by atoms with E-state index >= 15 is 0 Å². The lowest BCUT2D eigenvalue weighted by molar-refractivity contribution is -0.113. The van der Waals surface area contributed by atoms with Crippen molar-refractivity contribution in [2.45, 2.75) is 25.5 Å². The van der Waals surface area contributed by atoms with E-state index in [1.807, 2.05) is 73.0 Å². The van der Waals surface area contributed by atoms with Gasteiger partial charge in [0.2, 0.25) is 5.91 Å². The minimum atomic E-state index is -0.0951. The summed E-state index contributed by atoms with van der Waals surface area (Å²) >= 11 is 1.34. The first-order valence-electron chi connectivity index (χ1n) is 10.1. The summed E-state index contributed by atoms with van der Waals surface area (Å²) in [6, 6.07) is 17.2. The Bertz CT molecular complexity index is 1200. The molecule has 0 saturated heterocycles. The Kier molecular flexibility index (Phi) is 6.61. The van der Waals surface area contributed by atoms with Crippen molar-refractivity contribution in [3.8, 4) is 17.1 Å². The molecule has 0 aliphatic carbocycles. The maximum Gasteiger partial charge on any atom is 0.234 e. The molecule has 2 aromatic carbocycles. The van der Waals surface area contributed by atoms with Gasteiger partial charge in [0.15, 0.2) is 11.0 Å². The zero-order valence-corrected chi connectivity index (χ0v) is 19.0.